The monoisotopic (exact) mass is 295 g/mol. The SMILES string of the molecule is CCNCc1cnc(Cc2c(Cl)cccc2Cl)nc1. The van der Waals surface area contributed by atoms with E-state index in [9.17, 15) is 0 Å². The van der Waals surface area contributed by atoms with Gasteiger partial charge in [0.25, 0.3) is 0 Å². The second-order valence-electron chi connectivity index (χ2n) is 4.16. The van der Waals surface area contributed by atoms with Crippen molar-refractivity contribution in [1.82, 2.24) is 15.3 Å². The fraction of sp³-hybridized carbons (Fsp3) is 0.286. The van der Waals surface area contributed by atoms with Gasteiger partial charge in [-0.05, 0) is 24.2 Å². The van der Waals surface area contributed by atoms with Gasteiger partial charge in [0.2, 0.25) is 0 Å². The molecule has 3 nitrogen and oxygen atoms in total. The average molecular weight is 296 g/mol. The number of benzene rings is 1. The van der Waals surface area contributed by atoms with Crippen LogP contribution in [0.25, 0.3) is 0 Å². The maximum atomic E-state index is 6.13. The number of hydrogen-bond acceptors (Lipinski definition) is 3. The fourth-order valence-electron chi connectivity index (χ4n) is 1.69. The molecular formula is C14H15Cl2N3. The van der Waals surface area contributed by atoms with Crippen LogP contribution in [0.2, 0.25) is 10.0 Å². The minimum Gasteiger partial charge on any atom is -0.313 e. The van der Waals surface area contributed by atoms with Crippen molar-refractivity contribution in [3.8, 4) is 0 Å². The van der Waals surface area contributed by atoms with Crippen molar-refractivity contribution in [3.05, 3.63) is 57.6 Å². The molecule has 1 aromatic heterocycles. The second-order valence-corrected chi connectivity index (χ2v) is 4.98. The summed E-state index contributed by atoms with van der Waals surface area (Å²) in [6, 6.07) is 5.47. The molecule has 0 aliphatic rings. The van der Waals surface area contributed by atoms with E-state index < -0.39 is 0 Å². The molecule has 1 aromatic carbocycles. The van der Waals surface area contributed by atoms with Crippen molar-refractivity contribution in [3.63, 3.8) is 0 Å². The Morgan fingerprint density at radius 2 is 1.74 bits per heavy atom. The van der Waals surface area contributed by atoms with Crippen LogP contribution in [0.5, 0.6) is 0 Å². The lowest BCUT2D eigenvalue weighted by atomic mass is 10.1. The standard InChI is InChI=1S/C14H15Cl2N3/c1-2-17-7-10-8-18-14(19-9-10)6-11-12(15)4-3-5-13(11)16/h3-5,8-9,17H,2,6-7H2,1H3. The minimum absolute atomic E-state index is 0.542. The molecule has 19 heavy (non-hydrogen) atoms. The molecule has 1 N–H and O–H groups in total. The predicted octanol–water partition coefficient (Wildman–Crippen LogP) is 3.48. The van der Waals surface area contributed by atoms with Crippen molar-refractivity contribution in [2.24, 2.45) is 0 Å². The molecule has 2 rings (SSSR count). The molecule has 0 unspecified atom stereocenters. The number of halogens is 2. The van der Waals surface area contributed by atoms with Crippen molar-refractivity contribution >= 4 is 23.2 Å². The second kappa shape index (κ2) is 6.85. The molecule has 0 radical (unpaired) electrons. The molecule has 0 atom stereocenters. The summed E-state index contributed by atoms with van der Waals surface area (Å²) in [5.41, 5.74) is 1.93. The third kappa shape index (κ3) is 3.90. The predicted molar refractivity (Wildman–Crippen MR) is 78.7 cm³/mol. The summed E-state index contributed by atoms with van der Waals surface area (Å²) >= 11 is 12.3. The molecule has 2 aromatic rings. The quantitative estimate of drug-likeness (QED) is 0.918. The summed E-state index contributed by atoms with van der Waals surface area (Å²) in [5, 5.41) is 4.52. The van der Waals surface area contributed by atoms with Crippen LogP contribution in [0.4, 0.5) is 0 Å². The first-order valence-corrected chi connectivity index (χ1v) is 6.89. The highest BCUT2D eigenvalue weighted by Gasteiger charge is 2.08. The Morgan fingerprint density at radius 3 is 2.32 bits per heavy atom. The van der Waals surface area contributed by atoms with Crippen molar-refractivity contribution < 1.29 is 0 Å². The molecule has 0 saturated heterocycles. The van der Waals surface area contributed by atoms with Crippen LogP contribution in [0, 0.1) is 0 Å². The minimum atomic E-state index is 0.542. The van der Waals surface area contributed by atoms with Gasteiger partial charge in [0.1, 0.15) is 5.82 Å². The summed E-state index contributed by atoms with van der Waals surface area (Å²) in [6.45, 7) is 3.77. The van der Waals surface area contributed by atoms with Crippen molar-refractivity contribution in [1.29, 1.82) is 0 Å². The Balaban J connectivity index is 2.11. The zero-order valence-corrected chi connectivity index (χ0v) is 12.2. The smallest absolute Gasteiger partial charge is 0.132 e. The Bertz CT molecular complexity index is 521. The lowest BCUT2D eigenvalue weighted by Gasteiger charge is -2.06. The van der Waals surface area contributed by atoms with Gasteiger partial charge in [-0.2, -0.15) is 0 Å². The van der Waals surface area contributed by atoms with Gasteiger partial charge in [0, 0.05) is 41.0 Å². The Kier molecular flexibility index (Phi) is 5.14. The van der Waals surface area contributed by atoms with E-state index in [1.54, 1.807) is 0 Å². The zero-order chi connectivity index (χ0) is 13.7. The lowest BCUT2D eigenvalue weighted by Crippen LogP contribution is -2.12. The van der Waals surface area contributed by atoms with Crippen LogP contribution < -0.4 is 5.32 Å². The fourth-order valence-corrected chi connectivity index (χ4v) is 2.22. The summed E-state index contributed by atoms with van der Waals surface area (Å²) in [4.78, 5) is 8.68. The first kappa shape index (κ1) is 14.3. The number of hydrogen-bond donors (Lipinski definition) is 1. The largest absolute Gasteiger partial charge is 0.313 e. The van der Waals surface area contributed by atoms with Gasteiger partial charge in [0.15, 0.2) is 0 Å². The number of nitrogens with zero attached hydrogens (tertiary/aromatic N) is 2. The van der Waals surface area contributed by atoms with Crippen molar-refractivity contribution in [2.75, 3.05) is 6.54 Å². The first-order valence-electron chi connectivity index (χ1n) is 6.14. The summed E-state index contributed by atoms with van der Waals surface area (Å²) in [7, 11) is 0. The molecule has 0 saturated carbocycles. The van der Waals surface area contributed by atoms with Gasteiger partial charge < -0.3 is 5.32 Å². The Labute approximate surface area is 123 Å². The van der Waals surface area contributed by atoms with E-state index in [4.69, 9.17) is 23.2 Å². The Morgan fingerprint density at radius 1 is 1.11 bits per heavy atom. The van der Waals surface area contributed by atoms with Gasteiger partial charge in [-0.3, -0.25) is 0 Å². The number of aromatic nitrogens is 2. The topological polar surface area (TPSA) is 37.8 Å². The number of rotatable bonds is 5. The molecule has 1 heterocycles. The highest BCUT2D eigenvalue weighted by molar-refractivity contribution is 6.36. The van der Waals surface area contributed by atoms with Gasteiger partial charge in [-0.1, -0.05) is 36.2 Å². The maximum absolute atomic E-state index is 6.13. The van der Waals surface area contributed by atoms with Crippen LogP contribution in [0.15, 0.2) is 30.6 Å². The van der Waals surface area contributed by atoms with Crippen molar-refractivity contribution in [2.45, 2.75) is 19.9 Å². The Hall–Kier alpha value is -1.16. The molecule has 0 fully saturated rings. The summed E-state index contributed by atoms with van der Waals surface area (Å²) in [5.74, 6) is 0.718. The molecule has 5 heteroatoms. The summed E-state index contributed by atoms with van der Waals surface area (Å²) < 4.78 is 0. The van der Waals surface area contributed by atoms with E-state index in [2.05, 4.69) is 22.2 Å². The highest BCUT2D eigenvalue weighted by Crippen LogP contribution is 2.25. The van der Waals surface area contributed by atoms with Crippen LogP contribution >= 0.6 is 23.2 Å². The van der Waals surface area contributed by atoms with Gasteiger partial charge in [-0.15, -0.1) is 0 Å². The van der Waals surface area contributed by atoms with Crippen LogP contribution in [0.1, 0.15) is 23.9 Å². The molecule has 100 valence electrons. The summed E-state index contributed by atoms with van der Waals surface area (Å²) in [6.07, 6.45) is 4.20. The van der Waals surface area contributed by atoms with E-state index in [0.29, 0.717) is 16.5 Å². The normalized spacial score (nSPS) is 10.7. The van der Waals surface area contributed by atoms with E-state index in [0.717, 1.165) is 30.0 Å². The molecular weight excluding hydrogens is 281 g/mol. The van der Waals surface area contributed by atoms with Crippen LogP contribution in [-0.2, 0) is 13.0 Å². The van der Waals surface area contributed by atoms with Gasteiger partial charge in [-0.25, -0.2) is 9.97 Å². The third-order valence-corrected chi connectivity index (χ3v) is 3.44. The molecule has 0 spiro atoms. The number of nitrogens with one attached hydrogen (secondary N) is 1. The average Bonchev–Trinajstić information content (AvgIpc) is 2.42. The van der Waals surface area contributed by atoms with E-state index in [1.807, 2.05) is 30.6 Å². The molecule has 0 amide bonds. The van der Waals surface area contributed by atoms with Crippen LogP contribution in [0.3, 0.4) is 0 Å². The molecule has 0 aliphatic heterocycles. The zero-order valence-electron chi connectivity index (χ0n) is 10.7. The van der Waals surface area contributed by atoms with Crippen LogP contribution in [-0.4, -0.2) is 16.5 Å². The van der Waals surface area contributed by atoms with E-state index in [1.165, 1.54) is 0 Å². The van der Waals surface area contributed by atoms with Gasteiger partial charge >= 0.3 is 0 Å². The molecule has 0 bridgehead atoms. The molecule has 0 aliphatic carbocycles. The first-order chi connectivity index (χ1) is 9.20. The lowest BCUT2D eigenvalue weighted by molar-refractivity contribution is 0.718. The maximum Gasteiger partial charge on any atom is 0.132 e. The highest BCUT2D eigenvalue weighted by atomic mass is 35.5. The van der Waals surface area contributed by atoms with E-state index >= 15 is 0 Å². The van der Waals surface area contributed by atoms with E-state index in [-0.39, 0.29) is 0 Å². The van der Waals surface area contributed by atoms with Gasteiger partial charge in [0.05, 0.1) is 0 Å². The third-order valence-electron chi connectivity index (χ3n) is 2.73.